The van der Waals surface area contributed by atoms with Crippen LogP contribution in [0.3, 0.4) is 0 Å². The maximum Gasteiger partial charge on any atom is 0.241 e. The molecule has 2 aromatic heterocycles. The van der Waals surface area contributed by atoms with Gasteiger partial charge in [-0.1, -0.05) is 12.1 Å². The number of rotatable bonds is 6. The van der Waals surface area contributed by atoms with Crippen molar-refractivity contribution in [2.24, 2.45) is 0 Å². The Balaban J connectivity index is 0.00000161. The quantitative estimate of drug-likeness (QED) is 0.883. The van der Waals surface area contributed by atoms with Crippen LogP contribution in [-0.4, -0.2) is 40.7 Å². The number of nitrogens with one attached hydrogen (secondary N) is 1. The third kappa shape index (κ3) is 4.03. The number of aromatic nitrogens is 2. The standard InChI is InChI=1S/C14H20N4OS.ClH/c1-2-6-18(12-3-5-15-8-12)9-13-16-14(17-19-13)11-4-7-20-10-11;/h4,7,10,12,15H,2-3,5-6,8-9H2,1H3;1H. The van der Waals surface area contributed by atoms with Gasteiger partial charge in [0, 0.05) is 23.5 Å². The highest BCUT2D eigenvalue weighted by Crippen LogP contribution is 2.20. The smallest absolute Gasteiger partial charge is 0.241 e. The summed E-state index contributed by atoms with van der Waals surface area (Å²) in [5, 5.41) is 11.6. The SMILES string of the molecule is CCCN(Cc1nc(-c2ccsc2)no1)C1CCNC1.Cl. The maximum atomic E-state index is 5.41. The fourth-order valence-electron chi connectivity index (χ4n) is 2.63. The van der Waals surface area contributed by atoms with Crippen molar-refractivity contribution in [1.29, 1.82) is 0 Å². The van der Waals surface area contributed by atoms with Crippen LogP contribution in [0.1, 0.15) is 25.7 Å². The fraction of sp³-hybridized carbons (Fsp3) is 0.571. The minimum absolute atomic E-state index is 0. The average molecular weight is 329 g/mol. The summed E-state index contributed by atoms with van der Waals surface area (Å²) in [4.78, 5) is 6.96. The summed E-state index contributed by atoms with van der Waals surface area (Å²) in [6, 6.07) is 2.61. The van der Waals surface area contributed by atoms with Gasteiger partial charge in [0.2, 0.25) is 11.7 Å². The molecule has 0 spiro atoms. The van der Waals surface area contributed by atoms with E-state index in [0.29, 0.717) is 17.8 Å². The third-order valence-corrected chi connectivity index (χ3v) is 4.33. The summed E-state index contributed by atoms with van der Waals surface area (Å²) in [6.07, 6.45) is 2.34. The molecule has 1 aliphatic heterocycles. The van der Waals surface area contributed by atoms with Crippen molar-refractivity contribution >= 4 is 23.7 Å². The molecule has 7 heteroatoms. The Morgan fingerprint density at radius 1 is 1.52 bits per heavy atom. The molecule has 3 heterocycles. The summed E-state index contributed by atoms with van der Waals surface area (Å²) in [5.41, 5.74) is 1.04. The van der Waals surface area contributed by atoms with Crippen molar-refractivity contribution < 1.29 is 4.52 Å². The van der Waals surface area contributed by atoms with Crippen LogP contribution in [0.15, 0.2) is 21.3 Å². The zero-order valence-electron chi connectivity index (χ0n) is 12.1. The monoisotopic (exact) mass is 328 g/mol. The van der Waals surface area contributed by atoms with Crippen molar-refractivity contribution in [2.75, 3.05) is 19.6 Å². The summed E-state index contributed by atoms with van der Waals surface area (Å²) in [5.74, 6) is 1.41. The molecule has 3 rings (SSSR count). The second-order valence-electron chi connectivity index (χ2n) is 5.14. The number of thiophene rings is 1. The highest BCUT2D eigenvalue weighted by atomic mass is 35.5. The Labute approximate surface area is 135 Å². The van der Waals surface area contributed by atoms with Crippen LogP contribution >= 0.6 is 23.7 Å². The highest BCUT2D eigenvalue weighted by Gasteiger charge is 2.23. The van der Waals surface area contributed by atoms with E-state index in [1.54, 1.807) is 11.3 Å². The first kappa shape index (κ1) is 16.4. The zero-order chi connectivity index (χ0) is 13.8. The molecular formula is C14H21ClN4OS. The van der Waals surface area contributed by atoms with Gasteiger partial charge in [-0.3, -0.25) is 4.90 Å². The Morgan fingerprint density at radius 2 is 2.43 bits per heavy atom. The molecule has 0 aliphatic carbocycles. The van der Waals surface area contributed by atoms with Gasteiger partial charge in [0.05, 0.1) is 6.54 Å². The van der Waals surface area contributed by atoms with Gasteiger partial charge in [0.25, 0.3) is 0 Å². The average Bonchev–Trinajstić information content (AvgIpc) is 3.20. The van der Waals surface area contributed by atoms with Crippen molar-refractivity contribution in [1.82, 2.24) is 20.4 Å². The molecule has 2 aromatic rings. The molecule has 1 atom stereocenters. The van der Waals surface area contributed by atoms with E-state index in [0.717, 1.165) is 38.2 Å². The largest absolute Gasteiger partial charge is 0.338 e. The molecule has 0 amide bonds. The predicted octanol–water partition coefficient (Wildman–Crippen LogP) is 2.79. The lowest BCUT2D eigenvalue weighted by molar-refractivity contribution is 0.174. The summed E-state index contributed by atoms with van der Waals surface area (Å²) < 4.78 is 5.41. The van der Waals surface area contributed by atoms with Crippen molar-refractivity contribution in [3.8, 4) is 11.4 Å². The normalized spacial score (nSPS) is 18.1. The van der Waals surface area contributed by atoms with Crippen LogP contribution in [0.2, 0.25) is 0 Å². The van der Waals surface area contributed by atoms with Crippen LogP contribution in [0.25, 0.3) is 11.4 Å². The van der Waals surface area contributed by atoms with Gasteiger partial charge < -0.3 is 9.84 Å². The van der Waals surface area contributed by atoms with E-state index in [1.165, 1.54) is 6.42 Å². The molecule has 5 nitrogen and oxygen atoms in total. The van der Waals surface area contributed by atoms with E-state index in [1.807, 2.05) is 16.8 Å². The first-order chi connectivity index (χ1) is 9.86. The van der Waals surface area contributed by atoms with Crippen LogP contribution in [0, 0.1) is 0 Å². The second-order valence-corrected chi connectivity index (χ2v) is 5.92. The molecule has 0 aromatic carbocycles. The number of halogens is 1. The molecule has 1 N–H and O–H groups in total. The lowest BCUT2D eigenvalue weighted by atomic mass is 10.2. The third-order valence-electron chi connectivity index (χ3n) is 3.65. The van der Waals surface area contributed by atoms with Crippen LogP contribution < -0.4 is 5.32 Å². The Hall–Kier alpha value is -0.950. The lowest BCUT2D eigenvalue weighted by Crippen LogP contribution is -2.37. The van der Waals surface area contributed by atoms with Gasteiger partial charge in [-0.15, -0.1) is 12.4 Å². The van der Waals surface area contributed by atoms with Crippen LogP contribution in [-0.2, 0) is 6.54 Å². The number of hydrogen-bond acceptors (Lipinski definition) is 6. The molecule has 0 bridgehead atoms. The fourth-order valence-corrected chi connectivity index (χ4v) is 3.27. The minimum atomic E-state index is 0. The lowest BCUT2D eigenvalue weighted by Gasteiger charge is -2.26. The molecule has 1 fully saturated rings. The van der Waals surface area contributed by atoms with Crippen LogP contribution in [0.5, 0.6) is 0 Å². The second kappa shape index (κ2) is 7.89. The first-order valence-corrected chi connectivity index (χ1v) is 8.11. The van der Waals surface area contributed by atoms with Crippen LogP contribution in [0.4, 0.5) is 0 Å². The topological polar surface area (TPSA) is 54.2 Å². The molecule has 0 saturated carbocycles. The van der Waals surface area contributed by atoms with Crippen molar-refractivity contribution in [2.45, 2.75) is 32.4 Å². The molecule has 0 radical (unpaired) electrons. The van der Waals surface area contributed by atoms with Crippen molar-refractivity contribution in [3.05, 3.63) is 22.7 Å². The summed E-state index contributed by atoms with van der Waals surface area (Å²) in [6.45, 7) is 6.19. The zero-order valence-corrected chi connectivity index (χ0v) is 13.8. The minimum Gasteiger partial charge on any atom is -0.338 e. The number of hydrogen-bond donors (Lipinski definition) is 1. The van der Waals surface area contributed by atoms with E-state index in [4.69, 9.17) is 4.52 Å². The van der Waals surface area contributed by atoms with Gasteiger partial charge in [-0.2, -0.15) is 16.3 Å². The van der Waals surface area contributed by atoms with Crippen molar-refractivity contribution in [3.63, 3.8) is 0 Å². The Bertz CT molecular complexity index is 525. The molecular weight excluding hydrogens is 308 g/mol. The highest BCUT2D eigenvalue weighted by molar-refractivity contribution is 7.08. The van der Waals surface area contributed by atoms with E-state index in [-0.39, 0.29) is 12.4 Å². The summed E-state index contributed by atoms with van der Waals surface area (Å²) in [7, 11) is 0. The van der Waals surface area contributed by atoms with Gasteiger partial charge in [-0.05, 0) is 37.4 Å². The van der Waals surface area contributed by atoms with Gasteiger partial charge in [-0.25, -0.2) is 0 Å². The Kier molecular flexibility index (Phi) is 6.17. The van der Waals surface area contributed by atoms with Gasteiger partial charge >= 0.3 is 0 Å². The van der Waals surface area contributed by atoms with Gasteiger partial charge in [0.1, 0.15) is 0 Å². The predicted molar refractivity (Wildman–Crippen MR) is 86.8 cm³/mol. The van der Waals surface area contributed by atoms with E-state index >= 15 is 0 Å². The summed E-state index contributed by atoms with van der Waals surface area (Å²) >= 11 is 1.65. The molecule has 116 valence electrons. The number of nitrogens with zero attached hydrogens (tertiary/aromatic N) is 3. The van der Waals surface area contributed by atoms with E-state index < -0.39 is 0 Å². The molecule has 1 aliphatic rings. The Morgan fingerprint density at radius 3 is 3.10 bits per heavy atom. The van der Waals surface area contributed by atoms with E-state index in [9.17, 15) is 0 Å². The molecule has 1 unspecified atom stereocenters. The maximum absolute atomic E-state index is 5.41. The first-order valence-electron chi connectivity index (χ1n) is 7.16. The van der Waals surface area contributed by atoms with Gasteiger partial charge in [0.15, 0.2) is 0 Å². The molecule has 21 heavy (non-hydrogen) atoms. The van der Waals surface area contributed by atoms with E-state index in [2.05, 4.69) is 27.3 Å². The molecule has 1 saturated heterocycles.